The number of rotatable bonds is 19. The van der Waals surface area contributed by atoms with E-state index in [1.807, 2.05) is 6.92 Å². The summed E-state index contributed by atoms with van der Waals surface area (Å²) in [5, 5.41) is 0. The van der Waals surface area contributed by atoms with E-state index in [4.69, 9.17) is 14.2 Å². The van der Waals surface area contributed by atoms with Crippen molar-refractivity contribution in [3.8, 4) is 17.2 Å². The van der Waals surface area contributed by atoms with Gasteiger partial charge in [0.15, 0.2) is 11.5 Å². The minimum atomic E-state index is -0.304. The summed E-state index contributed by atoms with van der Waals surface area (Å²) in [6.07, 6.45) is 14.9. The molecule has 1 aromatic rings. The number of esters is 2. The quantitative estimate of drug-likeness (QED) is 0.123. The first-order chi connectivity index (χ1) is 15.6. The van der Waals surface area contributed by atoms with E-state index in [-0.39, 0.29) is 23.4 Å². The Hall–Kier alpha value is -2.04. The molecule has 0 aliphatic heterocycles. The third-order valence-electron chi connectivity index (χ3n) is 5.30. The molecular weight excluding hydrogens is 404 g/mol. The van der Waals surface area contributed by atoms with E-state index >= 15 is 0 Å². The molecule has 1 rings (SSSR count). The molecule has 5 heteroatoms. The van der Waals surface area contributed by atoms with Crippen LogP contribution in [-0.4, -0.2) is 18.5 Å². The predicted molar refractivity (Wildman–Crippen MR) is 129 cm³/mol. The average molecular weight is 449 g/mol. The first-order valence-electron chi connectivity index (χ1n) is 12.8. The fourth-order valence-electron chi connectivity index (χ4n) is 3.41. The van der Waals surface area contributed by atoms with Crippen LogP contribution >= 0.6 is 0 Å². The van der Waals surface area contributed by atoms with Gasteiger partial charge in [0.1, 0.15) is 5.75 Å². The maximum Gasteiger partial charge on any atom is 0.311 e. The van der Waals surface area contributed by atoms with Crippen molar-refractivity contribution in [1.29, 1.82) is 0 Å². The minimum absolute atomic E-state index is 0.255. The zero-order valence-electron chi connectivity index (χ0n) is 20.6. The zero-order valence-corrected chi connectivity index (χ0v) is 20.6. The van der Waals surface area contributed by atoms with Crippen molar-refractivity contribution >= 4 is 11.9 Å². The SMILES string of the molecule is CCCCCCCCC(=O)Oc1ccc(OCCC)cc1OC(=O)CCCCCCCC. The van der Waals surface area contributed by atoms with Gasteiger partial charge in [0.25, 0.3) is 0 Å². The second kappa shape index (κ2) is 18.5. The van der Waals surface area contributed by atoms with Crippen LogP contribution in [0.15, 0.2) is 18.2 Å². The lowest BCUT2D eigenvalue weighted by Crippen LogP contribution is -2.12. The molecule has 0 bridgehead atoms. The minimum Gasteiger partial charge on any atom is -0.493 e. The molecule has 32 heavy (non-hydrogen) atoms. The zero-order chi connectivity index (χ0) is 23.4. The smallest absolute Gasteiger partial charge is 0.311 e. The van der Waals surface area contributed by atoms with Gasteiger partial charge in [-0.3, -0.25) is 9.59 Å². The van der Waals surface area contributed by atoms with E-state index in [0.717, 1.165) is 44.9 Å². The van der Waals surface area contributed by atoms with E-state index in [0.29, 0.717) is 25.2 Å². The molecule has 0 saturated heterocycles. The number of hydrogen-bond donors (Lipinski definition) is 0. The summed E-state index contributed by atoms with van der Waals surface area (Å²) in [5.41, 5.74) is 0. The lowest BCUT2D eigenvalue weighted by atomic mass is 10.1. The van der Waals surface area contributed by atoms with Gasteiger partial charge >= 0.3 is 11.9 Å². The lowest BCUT2D eigenvalue weighted by molar-refractivity contribution is -0.137. The van der Waals surface area contributed by atoms with Crippen molar-refractivity contribution in [3.63, 3.8) is 0 Å². The number of hydrogen-bond acceptors (Lipinski definition) is 5. The molecule has 182 valence electrons. The molecule has 0 aromatic heterocycles. The fourth-order valence-corrected chi connectivity index (χ4v) is 3.41. The molecule has 5 nitrogen and oxygen atoms in total. The Labute approximate surface area is 195 Å². The van der Waals surface area contributed by atoms with Gasteiger partial charge < -0.3 is 14.2 Å². The van der Waals surface area contributed by atoms with Gasteiger partial charge in [-0.15, -0.1) is 0 Å². The second-order valence-electron chi connectivity index (χ2n) is 8.44. The topological polar surface area (TPSA) is 61.8 Å². The van der Waals surface area contributed by atoms with Gasteiger partial charge in [0, 0.05) is 18.9 Å². The molecule has 0 spiro atoms. The maximum atomic E-state index is 12.4. The number of ether oxygens (including phenoxy) is 3. The largest absolute Gasteiger partial charge is 0.493 e. The van der Waals surface area contributed by atoms with Crippen LogP contribution in [0.5, 0.6) is 17.2 Å². The number of unbranched alkanes of at least 4 members (excludes halogenated alkanes) is 10. The molecule has 1 aromatic carbocycles. The standard InChI is InChI=1S/C27H44O5/c1-4-7-9-11-13-15-17-26(28)31-24-20-19-23(30-21-6-3)22-25(24)32-27(29)18-16-14-12-10-8-5-2/h19-20,22H,4-18,21H2,1-3H3. The van der Waals surface area contributed by atoms with Crippen molar-refractivity contribution < 1.29 is 23.8 Å². The predicted octanol–water partition coefficient (Wildman–Crippen LogP) is 7.79. The number of carbonyl (C=O) groups is 2. The highest BCUT2D eigenvalue weighted by Crippen LogP contribution is 2.32. The van der Waals surface area contributed by atoms with Crippen LogP contribution < -0.4 is 14.2 Å². The molecule has 0 amide bonds. The average Bonchev–Trinajstić information content (AvgIpc) is 2.78. The molecule has 0 saturated carbocycles. The van der Waals surface area contributed by atoms with E-state index in [9.17, 15) is 9.59 Å². The summed E-state index contributed by atoms with van der Waals surface area (Å²) in [6, 6.07) is 5.04. The number of carbonyl (C=O) groups excluding carboxylic acids is 2. The van der Waals surface area contributed by atoms with Crippen LogP contribution in [0.4, 0.5) is 0 Å². The summed E-state index contributed by atoms with van der Waals surface area (Å²) in [6.45, 7) is 6.98. The summed E-state index contributed by atoms with van der Waals surface area (Å²) < 4.78 is 16.8. The van der Waals surface area contributed by atoms with Crippen molar-refractivity contribution in [2.45, 2.75) is 117 Å². The molecule has 0 unspecified atom stereocenters. The molecule has 0 heterocycles. The molecule has 0 aliphatic carbocycles. The van der Waals surface area contributed by atoms with Crippen molar-refractivity contribution in [2.24, 2.45) is 0 Å². The van der Waals surface area contributed by atoms with Crippen molar-refractivity contribution in [3.05, 3.63) is 18.2 Å². The fraction of sp³-hybridized carbons (Fsp3) is 0.704. The van der Waals surface area contributed by atoms with Gasteiger partial charge in [0.05, 0.1) is 6.61 Å². The summed E-state index contributed by atoms with van der Waals surface area (Å²) in [7, 11) is 0. The molecule has 0 fully saturated rings. The normalized spacial score (nSPS) is 10.7. The molecule has 0 radical (unpaired) electrons. The summed E-state index contributed by atoms with van der Waals surface area (Å²) in [4.78, 5) is 24.7. The Morgan fingerprint density at radius 3 is 1.66 bits per heavy atom. The van der Waals surface area contributed by atoms with Crippen LogP contribution in [0.1, 0.15) is 117 Å². The Morgan fingerprint density at radius 2 is 1.12 bits per heavy atom. The number of benzene rings is 1. The highest BCUT2D eigenvalue weighted by Gasteiger charge is 2.15. The Morgan fingerprint density at radius 1 is 0.625 bits per heavy atom. The van der Waals surface area contributed by atoms with Crippen molar-refractivity contribution in [1.82, 2.24) is 0 Å². The highest BCUT2D eigenvalue weighted by atomic mass is 16.6. The molecular formula is C27H44O5. The first-order valence-corrected chi connectivity index (χ1v) is 12.8. The summed E-state index contributed by atoms with van der Waals surface area (Å²) >= 11 is 0. The van der Waals surface area contributed by atoms with E-state index in [1.165, 1.54) is 38.5 Å². The van der Waals surface area contributed by atoms with Crippen LogP contribution in [-0.2, 0) is 9.59 Å². The Bertz CT molecular complexity index is 641. The monoisotopic (exact) mass is 448 g/mol. The van der Waals surface area contributed by atoms with E-state index < -0.39 is 0 Å². The van der Waals surface area contributed by atoms with Gasteiger partial charge in [0.2, 0.25) is 0 Å². The Balaban J connectivity index is 2.59. The molecule has 0 aliphatic rings. The molecule has 0 atom stereocenters. The van der Waals surface area contributed by atoms with Crippen LogP contribution in [0.3, 0.4) is 0 Å². The van der Waals surface area contributed by atoms with Crippen LogP contribution in [0, 0.1) is 0 Å². The van der Waals surface area contributed by atoms with Gasteiger partial charge in [-0.05, 0) is 31.4 Å². The summed E-state index contributed by atoms with van der Waals surface area (Å²) in [5.74, 6) is 0.536. The third kappa shape index (κ3) is 13.4. The molecule has 0 N–H and O–H groups in total. The maximum absolute atomic E-state index is 12.4. The van der Waals surface area contributed by atoms with Crippen molar-refractivity contribution in [2.75, 3.05) is 6.61 Å². The lowest BCUT2D eigenvalue weighted by Gasteiger charge is -2.13. The van der Waals surface area contributed by atoms with Gasteiger partial charge in [-0.2, -0.15) is 0 Å². The third-order valence-corrected chi connectivity index (χ3v) is 5.30. The van der Waals surface area contributed by atoms with E-state index in [1.54, 1.807) is 18.2 Å². The first kappa shape index (κ1) is 28.0. The van der Waals surface area contributed by atoms with Gasteiger partial charge in [-0.1, -0.05) is 85.0 Å². The van der Waals surface area contributed by atoms with E-state index in [2.05, 4.69) is 13.8 Å². The van der Waals surface area contributed by atoms with Crippen LogP contribution in [0.25, 0.3) is 0 Å². The Kier molecular flexibility index (Phi) is 16.2. The second-order valence-corrected chi connectivity index (χ2v) is 8.44. The van der Waals surface area contributed by atoms with Crippen LogP contribution in [0.2, 0.25) is 0 Å². The highest BCUT2D eigenvalue weighted by molar-refractivity contribution is 5.76. The van der Waals surface area contributed by atoms with Gasteiger partial charge in [-0.25, -0.2) is 0 Å².